The van der Waals surface area contributed by atoms with Crippen molar-refractivity contribution in [1.82, 2.24) is 4.90 Å². The molecule has 0 radical (unpaired) electrons. The van der Waals surface area contributed by atoms with Crippen LogP contribution < -0.4 is 5.73 Å². The van der Waals surface area contributed by atoms with Crippen molar-refractivity contribution in [2.24, 2.45) is 5.73 Å². The van der Waals surface area contributed by atoms with E-state index < -0.39 is 5.54 Å². The molecule has 0 aromatic carbocycles. The number of carbonyl (C=O) groups excluding carboxylic acids is 1. The fraction of sp³-hybridized carbons (Fsp3) is 0.900. The smallest absolute Gasteiger partial charge is 0.242 e. The van der Waals surface area contributed by atoms with E-state index in [9.17, 15) is 4.79 Å². The van der Waals surface area contributed by atoms with Crippen molar-refractivity contribution in [3.63, 3.8) is 0 Å². The van der Waals surface area contributed by atoms with Gasteiger partial charge in [-0.2, -0.15) is 0 Å². The lowest BCUT2D eigenvalue weighted by Crippen LogP contribution is -2.59. The fourth-order valence-corrected chi connectivity index (χ4v) is 1.62. The second-order valence-electron chi connectivity index (χ2n) is 4.22. The molecular formula is C10H20N2O3. The van der Waals surface area contributed by atoms with Crippen LogP contribution in [-0.4, -0.2) is 54.4 Å². The molecule has 1 unspecified atom stereocenters. The summed E-state index contributed by atoms with van der Waals surface area (Å²) in [6.07, 6.45) is 1.10. The van der Waals surface area contributed by atoms with Crippen molar-refractivity contribution in [1.29, 1.82) is 0 Å². The van der Waals surface area contributed by atoms with E-state index in [2.05, 4.69) is 0 Å². The largest absolute Gasteiger partial charge is 0.394 e. The quantitative estimate of drug-likeness (QED) is 0.656. The zero-order valence-corrected chi connectivity index (χ0v) is 9.40. The van der Waals surface area contributed by atoms with Crippen LogP contribution in [-0.2, 0) is 9.53 Å². The van der Waals surface area contributed by atoms with Gasteiger partial charge in [-0.25, -0.2) is 0 Å². The second kappa shape index (κ2) is 4.92. The number of hydrogen-bond donors (Lipinski definition) is 2. The van der Waals surface area contributed by atoms with Crippen LogP contribution in [0.2, 0.25) is 0 Å². The van der Waals surface area contributed by atoms with Gasteiger partial charge >= 0.3 is 0 Å². The van der Waals surface area contributed by atoms with Crippen LogP contribution in [0.1, 0.15) is 19.8 Å². The third-order valence-corrected chi connectivity index (χ3v) is 3.06. The number of aliphatic hydroxyl groups is 1. The molecule has 1 aliphatic rings. The first-order chi connectivity index (χ1) is 7.01. The number of nitrogens with two attached hydrogens (primary N) is 1. The van der Waals surface area contributed by atoms with Gasteiger partial charge in [-0.15, -0.1) is 0 Å². The highest BCUT2D eigenvalue weighted by atomic mass is 16.5. The normalized spacial score (nSPS) is 22.1. The van der Waals surface area contributed by atoms with Gasteiger partial charge in [-0.3, -0.25) is 4.79 Å². The van der Waals surface area contributed by atoms with E-state index in [0.717, 1.165) is 0 Å². The molecule has 5 heteroatoms. The molecule has 5 nitrogen and oxygen atoms in total. The van der Waals surface area contributed by atoms with Crippen molar-refractivity contribution in [3.8, 4) is 0 Å². The van der Waals surface area contributed by atoms with Crippen molar-refractivity contribution in [3.05, 3.63) is 0 Å². The molecule has 3 N–H and O–H groups in total. The van der Waals surface area contributed by atoms with E-state index in [4.69, 9.17) is 15.6 Å². The van der Waals surface area contributed by atoms with Crippen LogP contribution in [0.15, 0.2) is 0 Å². The summed E-state index contributed by atoms with van der Waals surface area (Å²) in [5, 5.41) is 8.98. The number of rotatable bonds is 3. The predicted octanol–water partition coefficient (Wildman–Crippen LogP) is -0.666. The molecule has 1 rings (SSSR count). The first kappa shape index (κ1) is 12.4. The lowest BCUT2D eigenvalue weighted by atomic mass is 9.89. The standard InChI is InChI=1S/C10H20N2O3/c1-8(7-13)12(2)9(14)10(11)3-5-15-6-4-10/h8,13H,3-7,11H2,1-2H3. The molecule has 0 spiro atoms. The van der Waals surface area contributed by atoms with E-state index in [-0.39, 0.29) is 18.6 Å². The van der Waals surface area contributed by atoms with E-state index in [1.54, 1.807) is 14.0 Å². The molecule has 0 aliphatic carbocycles. The third kappa shape index (κ3) is 2.68. The third-order valence-electron chi connectivity index (χ3n) is 3.06. The topological polar surface area (TPSA) is 75.8 Å². The minimum atomic E-state index is -0.809. The van der Waals surface area contributed by atoms with Crippen LogP contribution in [0.25, 0.3) is 0 Å². The van der Waals surface area contributed by atoms with Crippen molar-refractivity contribution in [2.75, 3.05) is 26.9 Å². The average molecular weight is 216 g/mol. The molecule has 15 heavy (non-hydrogen) atoms. The number of aliphatic hydroxyl groups excluding tert-OH is 1. The Morgan fingerprint density at radius 2 is 2.13 bits per heavy atom. The molecule has 1 atom stereocenters. The Morgan fingerprint density at radius 1 is 1.60 bits per heavy atom. The van der Waals surface area contributed by atoms with E-state index >= 15 is 0 Å². The zero-order valence-electron chi connectivity index (χ0n) is 9.40. The van der Waals surface area contributed by atoms with Gasteiger partial charge in [0.2, 0.25) is 5.91 Å². The lowest BCUT2D eigenvalue weighted by molar-refractivity contribution is -0.141. The minimum Gasteiger partial charge on any atom is -0.394 e. The zero-order chi connectivity index (χ0) is 11.5. The minimum absolute atomic E-state index is 0.0468. The van der Waals surface area contributed by atoms with Crippen LogP contribution in [0.4, 0.5) is 0 Å². The van der Waals surface area contributed by atoms with Crippen molar-refractivity contribution >= 4 is 5.91 Å². The van der Waals surface area contributed by atoms with Gasteiger partial charge in [0.05, 0.1) is 18.2 Å². The summed E-state index contributed by atoms with van der Waals surface area (Å²) in [5.41, 5.74) is 5.23. The van der Waals surface area contributed by atoms with E-state index in [1.807, 2.05) is 0 Å². The summed E-state index contributed by atoms with van der Waals surface area (Å²) in [6, 6.07) is -0.194. The molecule has 0 aromatic heterocycles. The number of amides is 1. The van der Waals surface area contributed by atoms with Gasteiger partial charge in [-0.1, -0.05) is 0 Å². The van der Waals surface area contributed by atoms with Gasteiger partial charge < -0.3 is 20.5 Å². The van der Waals surface area contributed by atoms with Crippen molar-refractivity contribution in [2.45, 2.75) is 31.3 Å². The Hall–Kier alpha value is -0.650. The maximum atomic E-state index is 12.1. The summed E-state index contributed by atoms with van der Waals surface area (Å²) in [5.74, 6) is -0.104. The molecule has 88 valence electrons. The number of hydrogen-bond acceptors (Lipinski definition) is 4. The Kier molecular flexibility index (Phi) is 4.07. The Morgan fingerprint density at radius 3 is 2.60 bits per heavy atom. The van der Waals surface area contributed by atoms with Crippen LogP contribution in [0.3, 0.4) is 0 Å². The first-order valence-corrected chi connectivity index (χ1v) is 5.26. The second-order valence-corrected chi connectivity index (χ2v) is 4.22. The number of ether oxygens (including phenoxy) is 1. The maximum Gasteiger partial charge on any atom is 0.242 e. The molecule has 1 heterocycles. The van der Waals surface area contributed by atoms with Gasteiger partial charge in [0, 0.05) is 20.3 Å². The summed E-state index contributed by atoms with van der Waals surface area (Å²) in [7, 11) is 1.67. The number of carbonyl (C=O) groups is 1. The molecule has 0 saturated carbocycles. The molecule has 1 aliphatic heterocycles. The predicted molar refractivity (Wildman–Crippen MR) is 56.3 cm³/mol. The van der Waals surface area contributed by atoms with E-state index in [0.29, 0.717) is 26.1 Å². The average Bonchev–Trinajstić information content (AvgIpc) is 2.27. The molecule has 1 amide bonds. The number of likely N-dealkylation sites (N-methyl/N-ethyl adjacent to an activating group) is 1. The summed E-state index contributed by atoms with van der Waals surface area (Å²) >= 11 is 0. The summed E-state index contributed by atoms with van der Waals surface area (Å²) < 4.78 is 5.18. The highest BCUT2D eigenvalue weighted by Gasteiger charge is 2.38. The fourth-order valence-electron chi connectivity index (χ4n) is 1.62. The maximum absolute atomic E-state index is 12.1. The monoisotopic (exact) mass is 216 g/mol. The molecule has 0 bridgehead atoms. The lowest BCUT2D eigenvalue weighted by Gasteiger charge is -2.37. The summed E-state index contributed by atoms with van der Waals surface area (Å²) in [4.78, 5) is 13.6. The van der Waals surface area contributed by atoms with Gasteiger partial charge in [0.1, 0.15) is 0 Å². The van der Waals surface area contributed by atoms with Crippen LogP contribution >= 0.6 is 0 Å². The van der Waals surface area contributed by atoms with Gasteiger partial charge in [0.25, 0.3) is 0 Å². The summed E-state index contributed by atoms with van der Waals surface area (Å²) in [6.45, 7) is 2.81. The molecular weight excluding hydrogens is 196 g/mol. The van der Waals surface area contributed by atoms with E-state index in [1.165, 1.54) is 4.90 Å². The van der Waals surface area contributed by atoms with Gasteiger partial charge in [-0.05, 0) is 19.8 Å². The number of nitrogens with zero attached hydrogens (tertiary/aromatic N) is 1. The Labute approximate surface area is 90.2 Å². The van der Waals surface area contributed by atoms with Crippen LogP contribution in [0.5, 0.6) is 0 Å². The molecule has 1 fully saturated rings. The highest BCUT2D eigenvalue weighted by Crippen LogP contribution is 2.20. The molecule has 1 saturated heterocycles. The Bertz CT molecular complexity index is 227. The molecule has 0 aromatic rings. The highest BCUT2D eigenvalue weighted by molar-refractivity contribution is 5.86. The SMILES string of the molecule is CC(CO)N(C)C(=O)C1(N)CCOCC1. The first-order valence-electron chi connectivity index (χ1n) is 5.26. The van der Waals surface area contributed by atoms with Crippen molar-refractivity contribution < 1.29 is 14.6 Å². The Balaban J connectivity index is 2.65. The van der Waals surface area contributed by atoms with Gasteiger partial charge in [0.15, 0.2) is 0 Å². The van der Waals surface area contributed by atoms with Crippen LogP contribution in [0, 0.1) is 0 Å².